The maximum atomic E-state index is 13.4. The molecule has 2 aromatic rings. The summed E-state index contributed by atoms with van der Waals surface area (Å²) in [7, 11) is 4.41. The molecule has 5 aliphatic rings. The van der Waals surface area contributed by atoms with Crippen LogP contribution in [0.25, 0.3) is 0 Å². The fourth-order valence-corrected chi connectivity index (χ4v) is 7.97. The number of nitrogens with zero attached hydrogens (tertiary/aromatic N) is 5. The van der Waals surface area contributed by atoms with E-state index in [0.717, 1.165) is 116 Å². The summed E-state index contributed by atoms with van der Waals surface area (Å²) >= 11 is 0. The van der Waals surface area contributed by atoms with Crippen LogP contribution in [0.5, 0.6) is 0 Å². The first kappa shape index (κ1) is 37.9. The molecule has 10 heteroatoms. The number of rotatable bonds is 10. The molecule has 5 saturated heterocycles. The molecule has 0 unspecified atom stereocenters. The highest BCUT2D eigenvalue weighted by atomic mass is 16.5. The Labute approximate surface area is 307 Å². The van der Waals surface area contributed by atoms with E-state index >= 15 is 0 Å². The van der Waals surface area contributed by atoms with Gasteiger partial charge in [-0.2, -0.15) is 0 Å². The third-order valence-electron chi connectivity index (χ3n) is 11.6. The molecule has 2 aromatic carbocycles. The normalized spacial score (nSPS) is 21.9. The molecule has 10 nitrogen and oxygen atoms in total. The molecule has 5 heterocycles. The maximum absolute atomic E-state index is 13.4. The number of carbonyl (C=O) groups is 1. The zero-order valence-corrected chi connectivity index (χ0v) is 31.5. The molecular formula is C41H64N6O4. The van der Waals surface area contributed by atoms with Gasteiger partial charge in [0.05, 0.1) is 26.4 Å². The van der Waals surface area contributed by atoms with E-state index in [9.17, 15) is 4.79 Å². The van der Waals surface area contributed by atoms with Crippen LogP contribution >= 0.6 is 0 Å². The van der Waals surface area contributed by atoms with Crippen molar-refractivity contribution >= 4 is 28.7 Å². The third kappa shape index (κ3) is 11.8. The minimum absolute atomic E-state index is 0.278. The van der Waals surface area contributed by atoms with Gasteiger partial charge in [-0.1, -0.05) is 0 Å². The van der Waals surface area contributed by atoms with Crippen LogP contribution in [0, 0.1) is 17.8 Å². The first-order valence-electron chi connectivity index (χ1n) is 19.8. The lowest BCUT2D eigenvalue weighted by molar-refractivity contribution is -0.120. The van der Waals surface area contributed by atoms with Gasteiger partial charge in [0, 0.05) is 81.7 Å². The van der Waals surface area contributed by atoms with Crippen LogP contribution in [0.1, 0.15) is 44.9 Å². The van der Waals surface area contributed by atoms with Gasteiger partial charge >= 0.3 is 0 Å². The average Bonchev–Trinajstić information content (AvgIpc) is 3.19. The van der Waals surface area contributed by atoms with Crippen molar-refractivity contribution in [2.45, 2.75) is 44.9 Å². The molecule has 1 N–H and O–H groups in total. The summed E-state index contributed by atoms with van der Waals surface area (Å²) in [5.74, 6) is 2.14. The summed E-state index contributed by atoms with van der Waals surface area (Å²) in [6, 6.07) is 17.5. The fraction of sp³-hybridized carbons (Fsp3) is 0.683. The van der Waals surface area contributed by atoms with Crippen molar-refractivity contribution in [2.24, 2.45) is 17.8 Å². The van der Waals surface area contributed by atoms with Crippen molar-refractivity contribution in [2.75, 3.05) is 139 Å². The first-order chi connectivity index (χ1) is 25.0. The quantitative estimate of drug-likeness (QED) is 0.355. The number of benzene rings is 2. The standard InChI is InChI=1S/C24H37N3O3.C17H27N3O/c1-25-10-6-21(7-11-25)19-27(24(28)18-20-8-14-29-15-9-20)23-4-2-22(3-5-23)26-12-16-30-17-13-26;1-19-8-6-15(7-9-19)14-18-16-2-4-17(5-3-16)20-10-12-21-13-11-20/h2-5,20-21H,6-19H2,1H3;2-5,15,18H,6-14H2,1H3. The van der Waals surface area contributed by atoms with Crippen molar-refractivity contribution in [3.05, 3.63) is 48.5 Å². The summed E-state index contributed by atoms with van der Waals surface area (Å²) < 4.78 is 16.4. The van der Waals surface area contributed by atoms with Gasteiger partial charge in [-0.05, 0) is 145 Å². The van der Waals surface area contributed by atoms with E-state index in [-0.39, 0.29) is 5.91 Å². The molecule has 282 valence electrons. The molecule has 0 radical (unpaired) electrons. The van der Waals surface area contributed by atoms with Gasteiger partial charge in [-0.25, -0.2) is 0 Å². The molecule has 51 heavy (non-hydrogen) atoms. The molecule has 0 bridgehead atoms. The highest BCUT2D eigenvalue weighted by Gasteiger charge is 2.27. The number of hydrogen-bond acceptors (Lipinski definition) is 9. The van der Waals surface area contributed by atoms with E-state index in [0.29, 0.717) is 18.3 Å². The number of ether oxygens (including phenoxy) is 3. The van der Waals surface area contributed by atoms with Crippen molar-refractivity contribution in [1.29, 1.82) is 0 Å². The van der Waals surface area contributed by atoms with E-state index in [2.05, 4.69) is 92.4 Å². The summed E-state index contributed by atoms with van der Waals surface area (Å²) in [6.45, 7) is 15.4. The molecule has 1 amide bonds. The lowest BCUT2D eigenvalue weighted by atomic mass is 9.93. The lowest BCUT2D eigenvalue weighted by Gasteiger charge is -2.34. The van der Waals surface area contributed by atoms with Crippen LogP contribution in [0.3, 0.4) is 0 Å². The molecule has 0 atom stereocenters. The molecule has 0 aromatic heterocycles. The van der Waals surface area contributed by atoms with Gasteiger partial charge in [0.1, 0.15) is 0 Å². The van der Waals surface area contributed by atoms with Crippen molar-refractivity contribution in [3.8, 4) is 0 Å². The van der Waals surface area contributed by atoms with Crippen LogP contribution < -0.4 is 20.0 Å². The number of nitrogens with one attached hydrogen (secondary N) is 1. The zero-order chi connectivity index (χ0) is 35.3. The second kappa shape index (κ2) is 19.8. The molecule has 5 aliphatic heterocycles. The Balaban J connectivity index is 0.000000187. The second-order valence-corrected chi connectivity index (χ2v) is 15.4. The monoisotopic (exact) mass is 704 g/mol. The SMILES string of the molecule is CN1CCC(CN(C(=O)CC2CCOCC2)c2ccc(N3CCOCC3)cc2)CC1.CN1CCC(CNc2ccc(N3CCOCC3)cc2)CC1. The summed E-state index contributed by atoms with van der Waals surface area (Å²) in [5.41, 5.74) is 4.82. The Morgan fingerprint density at radius 2 is 1.08 bits per heavy atom. The summed E-state index contributed by atoms with van der Waals surface area (Å²) in [4.78, 5) is 25.0. The Hall–Kier alpha value is -2.89. The van der Waals surface area contributed by atoms with E-state index in [1.807, 2.05) is 0 Å². The van der Waals surface area contributed by atoms with Crippen molar-refractivity contribution in [1.82, 2.24) is 9.80 Å². The molecular weight excluding hydrogens is 640 g/mol. The molecule has 0 spiro atoms. The minimum atomic E-state index is 0.278. The number of amides is 1. The number of anilines is 4. The fourth-order valence-electron chi connectivity index (χ4n) is 7.97. The Morgan fingerprint density at radius 1 is 0.608 bits per heavy atom. The smallest absolute Gasteiger partial charge is 0.227 e. The molecule has 0 aliphatic carbocycles. The maximum Gasteiger partial charge on any atom is 0.227 e. The number of likely N-dealkylation sites (tertiary alicyclic amines) is 2. The van der Waals surface area contributed by atoms with E-state index < -0.39 is 0 Å². The molecule has 5 fully saturated rings. The van der Waals surface area contributed by atoms with Gasteiger partial charge in [-0.3, -0.25) is 4.79 Å². The van der Waals surface area contributed by atoms with E-state index in [1.54, 1.807) is 0 Å². The van der Waals surface area contributed by atoms with Crippen LogP contribution in [0.2, 0.25) is 0 Å². The summed E-state index contributed by atoms with van der Waals surface area (Å²) in [5, 5.41) is 3.60. The van der Waals surface area contributed by atoms with Crippen LogP contribution in [-0.4, -0.2) is 135 Å². The molecule has 7 rings (SSSR count). The van der Waals surface area contributed by atoms with Crippen LogP contribution in [0.4, 0.5) is 22.7 Å². The minimum Gasteiger partial charge on any atom is -0.385 e. The topological polar surface area (TPSA) is 73.0 Å². The largest absolute Gasteiger partial charge is 0.385 e. The summed E-state index contributed by atoms with van der Waals surface area (Å²) in [6.07, 6.45) is 7.62. The molecule has 0 saturated carbocycles. The number of morpholine rings is 2. The van der Waals surface area contributed by atoms with E-state index in [1.165, 1.54) is 55.8 Å². The number of carbonyl (C=O) groups excluding carboxylic acids is 1. The lowest BCUT2D eigenvalue weighted by Crippen LogP contribution is -2.41. The zero-order valence-electron chi connectivity index (χ0n) is 31.5. The first-order valence-corrected chi connectivity index (χ1v) is 19.8. The van der Waals surface area contributed by atoms with Gasteiger partial charge in [0.2, 0.25) is 5.91 Å². The number of piperidine rings is 2. The Bertz CT molecular complexity index is 1280. The second-order valence-electron chi connectivity index (χ2n) is 15.4. The van der Waals surface area contributed by atoms with Gasteiger partial charge in [0.15, 0.2) is 0 Å². The van der Waals surface area contributed by atoms with E-state index in [4.69, 9.17) is 14.2 Å². The highest BCUT2D eigenvalue weighted by molar-refractivity contribution is 5.93. The Kier molecular flexibility index (Phi) is 14.7. The van der Waals surface area contributed by atoms with Gasteiger partial charge in [0.25, 0.3) is 0 Å². The Morgan fingerprint density at radius 3 is 1.61 bits per heavy atom. The third-order valence-corrected chi connectivity index (χ3v) is 11.6. The average molecular weight is 705 g/mol. The van der Waals surface area contributed by atoms with Crippen LogP contribution in [-0.2, 0) is 19.0 Å². The van der Waals surface area contributed by atoms with Gasteiger partial charge in [-0.15, -0.1) is 0 Å². The predicted molar refractivity (Wildman–Crippen MR) is 208 cm³/mol. The van der Waals surface area contributed by atoms with Crippen molar-refractivity contribution in [3.63, 3.8) is 0 Å². The number of hydrogen-bond donors (Lipinski definition) is 1. The highest BCUT2D eigenvalue weighted by Crippen LogP contribution is 2.28. The van der Waals surface area contributed by atoms with Crippen LogP contribution in [0.15, 0.2) is 48.5 Å². The predicted octanol–water partition coefficient (Wildman–Crippen LogP) is 5.29. The van der Waals surface area contributed by atoms with Gasteiger partial charge < -0.3 is 44.0 Å². The van der Waals surface area contributed by atoms with Crippen molar-refractivity contribution < 1.29 is 19.0 Å².